The maximum atomic E-state index is 8.84. The Kier molecular flexibility index (Phi) is 3.30. The van der Waals surface area contributed by atoms with Crippen molar-refractivity contribution in [2.24, 2.45) is 0 Å². The van der Waals surface area contributed by atoms with Gasteiger partial charge >= 0.3 is 0 Å². The zero-order chi connectivity index (χ0) is 10.6. The first-order chi connectivity index (χ1) is 6.67. The fraction of sp³-hybridized carbons (Fsp3) is 0.250. The van der Waals surface area contributed by atoms with Crippen LogP contribution in [0.2, 0.25) is 0 Å². The Morgan fingerprint density at radius 3 is 2.71 bits per heavy atom. The van der Waals surface area contributed by atoms with Gasteiger partial charge in [0.1, 0.15) is 11.8 Å². The molecule has 72 valence electrons. The second-order valence-corrected chi connectivity index (χ2v) is 3.24. The van der Waals surface area contributed by atoms with Gasteiger partial charge in [0.05, 0.1) is 11.7 Å². The SMILES string of the molecule is C=Cc1ccc(C#N)c(OC(C)C)c1. The average Bonchev–Trinajstić information content (AvgIpc) is 2.16. The predicted octanol–water partition coefficient (Wildman–Crippen LogP) is 2.99. The van der Waals surface area contributed by atoms with Gasteiger partial charge in [-0.15, -0.1) is 0 Å². The van der Waals surface area contributed by atoms with Crippen LogP contribution in [0.3, 0.4) is 0 Å². The first-order valence-electron chi connectivity index (χ1n) is 4.50. The molecule has 0 amide bonds. The normalized spacial score (nSPS) is 9.57. The van der Waals surface area contributed by atoms with E-state index in [1.165, 1.54) is 0 Å². The van der Waals surface area contributed by atoms with E-state index in [0.717, 1.165) is 5.56 Å². The summed E-state index contributed by atoms with van der Waals surface area (Å²) in [7, 11) is 0. The lowest BCUT2D eigenvalue weighted by molar-refractivity contribution is 0.241. The van der Waals surface area contributed by atoms with Crippen LogP contribution in [0.15, 0.2) is 24.8 Å². The Labute approximate surface area is 84.4 Å². The van der Waals surface area contributed by atoms with E-state index in [0.29, 0.717) is 11.3 Å². The molecule has 0 N–H and O–H groups in total. The zero-order valence-corrected chi connectivity index (χ0v) is 8.45. The molecule has 0 saturated carbocycles. The van der Waals surface area contributed by atoms with Crippen molar-refractivity contribution in [3.8, 4) is 11.8 Å². The van der Waals surface area contributed by atoms with E-state index >= 15 is 0 Å². The van der Waals surface area contributed by atoms with Crippen LogP contribution in [-0.2, 0) is 0 Å². The Bertz CT molecular complexity index is 374. The number of rotatable bonds is 3. The van der Waals surface area contributed by atoms with Gasteiger partial charge in [-0.05, 0) is 31.5 Å². The predicted molar refractivity (Wildman–Crippen MR) is 57.0 cm³/mol. The van der Waals surface area contributed by atoms with Crippen molar-refractivity contribution in [3.63, 3.8) is 0 Å². The van der Waals surface area contributed by atoms with Crippen LogP contribution in [0.5, 0.6) is 5.75 Å². The van der Waals surface area contributed by atoms with Gasteiger partial charge in [0.25, 0.3) is 0 Å². The van der Waals surface area contributed by atoms with Crippen molar-refractivity contribution in [2.75, 3.05) is 0 Å². The molecule has 2 heteroatoms. The summed E-state index contributed by atoms with van der Waals surface area (Å²) in [5, 5.41) is 8.84. The monoisotopic (exact) mass is 187 g/mol. The van der Waals surface area contributed by atoms with E-state index in [4.69, 9.17) is 10.00 Å². The molecule has 1 rings (SSSR count). The summed E-state index contributed by atoms with van der Waals surface area (Å²) in [6.45, 7) is 7.53. The van der Waals surface area contributed by atoms with E-state index in [1.807, 2.05) is 26.0 Å². The lowest BCUT2D eigenvalue weighted by atomic mass is 10.1. The zero-order valence-electron chi connectivity index (χ0n) is 8.45. The first-order valence-corrected chi connectivity index (χ1v) is 4.50. The molecule has 0 aliphatic rings. The summed E-state index contributed by atoms with van der Waals surface area (Å²) in [5.41, 5.74) is 1.52. The maximum Gasteiger partial charge on any atom is 0.138 e. The standard InChI is InChI=1S/C12H13NO/c1-4-10-5-6-11(8-13)12(7-10)14-9(2)3/h4-7,9H,1H2,2-3H3. The van der Waals surface area contributed by atoms with Crippen molar-refractivity contribution in [1.82, 2.24) is 0 Å². The van der Waals surface area contributed by atoms with E-state index in [1.54, 1.807) is 12.1 Å². The molecule has 0 aliphatic carbocycles. The minimum Gasteiger partial charge on any atom is -0.490 e. The minimum absolute atomic E-state index is 0.0714. The summed E-state index contributed by atoms with van der Waals surface area (Å²) >= 11 is 0. The highest BCUT2D eigenvalue weighted by atomic mass is 16.5. The maximum absolute atomic E-state index is 8.84. The molecule has 0 saturated heterocycles. The summed E-state index contributed by atoms with van der Waals surface area (Å²) < 4.78 is 5.51. The molecule has 1 aromatic rings. The molecule has 2 nitrogen and oxygen atoms in total. The molecule has 0 heterocycles. The fourth-order valence-corrected chi connectivity index (χ4v) is 1.11. The van der Waals surface area contributed by atoms with Gasteiger partial charge in [0.2, 0.25) is 0 Å². The van der Waals surface area contributed by atoms with Crippen molar-refractivity contribution < 1.29 is 4.74 Å². The highest BCUT2D eigenvalue weighted by molar-refractivity contribution is 5.55. The number of benzene rings is 1. The molecule has 0 spiro atoms. The van der Waals surface area contributed by atoms with Gasteiger partial charge < -0.3 is 4.74 Å². The quantitative estimate of drug-likeness (QED) is 0.728. The van der Waals surface area contributed by atoms with E-state index in [2.05, 4.69) is 12.6 Å². The number of hydrogen-bond acceptors (Lipinski definition) is 2. The van der Waals surface area contributed by atoms with Crippen LogP contribution in [0.25, 0.3) is 6.08 Å². The molecule has 0 atom stereocenters. The molecule has 0 fully saturated rings. The van der Waals surface area contributed by atoms with Gasteiger partial charge in [-0.3, -0.25) is 0 Å². The molecule has 1 aromatic carbocycles. The number of hydrogen-bond donors (Lipinski definition) is 0. The second kappa shape index (κ2) is 4.48. The van der Waals surface area contributed by atoms with E-state index < -0.39 is 0 Å². The number of ether oxygens (including phenoxy) is 1. The van der Waals surface area contributed by atoms with E-state index in [9.17, 15) is 0 Å². The van der Waals surface area contributed by atoms with Crippen LogP contribution < -0.4 is 4.74 Å². The summed E-state index contributed by atoms with van der Waals surface area (Å²) in [6, 6.07) is 7.51. The third-order valence-electron chi connectivity index (χ3n) is 1.72. The van der Waals surface area contributed by atoms with Gasteiger partial charge in [-0.2, -0.15) is 5.26 Å². The minimum atomic E-state index is 0.0714. The van der Waals surface area contributed by atoms with Crippen molar-refractivity contribution in [1.29, 1.82) is 5.26 Å². The fourth-order valence-electron chi connectivity index (χ4n) is 1.11. The Hall–Kier alpha value is -1.75. The summed E-state index contributed by atoms with van der Waals surface area (Å²) in [6.07, 6.45) is 1.80. The Morgan fingerprint density at radius 1 is 1.50 bits per heavy atom. The Balaban J connectivity index is 3.09. The lowest BCUT2D eigenvalue weighted by Crippen LogP contribution is -2.06. The van der Waals surface area contributed by atoms with Crippen LogP contribution in [-0.4, -0.2) is 6.10 Å². The van der Waals surface area contributed by atoms with Crippen molar-refractivity contribution >= 4 is 6.08 Å². The van der Waals surface area contributed by atoms with Gasteiger partial charge in [-0.25, -0.2) is 0 Å². The van der Waals surface area contributed by atoms with Gasteiger partial charge in [0, 0.05) is 0 Å². The van der Waals surface area contributed by atoms with Crippen LogP contribution >= 0.6 is 0 Å². The lowest BCUT2D eigenvalue weighted by Gasteiger charge is -2.11. The molecule has 0 bridgehead atoms. The summed E-state index contributed by atoms with van der Waals surface area (Å²) in [5.74, 6) is 0.625. The first kappa shape index (κ1) is 10.3. The highest BCUT2D eigenvalue weighted by Gasteiger charge is 2.05. The van der Waals surface area contributed by atoms with Crippen molar-refractivity contribution in [2.45, 2.75) is 20.0 Å². The van der Waals surface area contributed by atoms with Gasteiger partial charge in [-0.1, -0.05) is 18.7 Å². The molecule has 14 heavy (non-hydrogen) atoms. The molecule has 0 unspecified atom stereocenters. The van der Waals surface area contributed by atoms with Crippen LogP contribution in [0, 0.1) is 11.3 Å². The largest absolute Gasteiger partial charge is 0.490 e. The van der Waals surface area contributed by atoms with Crippen molar-refractivity contribution in [3.05, 3.63) is 35.9 Å². The van der Waals surface area contributed by atoms with Gasteiger partial charge in [0.15, 0.2) is 0 Å². The number of nitriles is 1. The van der Waals surface area contributed by atoms with Crippen LogP contribution in [0.1, 0.15) is 25.0 Å². The average molecular weight is 187 g/mol. The smallest absolute Gasteiger partial charge is 0.138 e. The summed E-state index contributed by atoms with van der Waals surface area (Å²) in [4.78, 5) is 0. The molecule has 0 aliphatic heterocycles. The van der Waals surface area contributed by atoms with Crippen LogP contribution in [0.4, 0.5) is 0 Å². The molecular weight excluding hydrogens is 174 g/mol. The topological polar surface area (TPSA) is 33.0 Å². The highest BCUT2D eigenvalue weighted by Crippen LogP contribution is 2.21. The number of nitrogens with zero attached hydrogens (tertiary/aromatic N) is 1. The van der Waals surface area contributed by atoms with E-state index in [-0.39, 0.29) is 6.10 Å². The molecule has 0 radical (unpaired) electrons. The molecular formula is C12H13NO. The third-order valence-corrected chi connectivity index (χ3v) is 1.72. The third kappa shape index (κ3) is 2.37. The molecule has 0 aromatic heterocycles. The second-order valence-electron chi connectivity index (χ2n) is 3.24. The Morgan fingerprint density at radius 2 is 2.21 bits per heavy atom.